The molecule has 0 aliphatic carbocycles. The molecular formula is C11H23NO3. The topological polar surface area (TPSA) is 58.6 Å². The van der Waals surface area contributed by atoms with E-state index < -0.39 is 5.60 Å². The number of ether oxygens (including phenoxy) is 1. The van der Waals surface area contributed by atoms with E-state index in [1.165, 1.54) is 0 Å². The number of nitrogens with one attached hydrogen (secondary N) is 1. The van der Waals surface area contributed by atoms with Crippen LogP contribution in [0.3, 0.4) is 0 Å². The van der Waals surface area contributed by atoms with Gasteiger partial charge in [0.05, 0.1) is 12.2 Å². The Morgan fingerprint density at radius 2 is 2.07 bits per heavy atom. The number of aliphatic hydroxyl groups is 1. The van der Waals surface area contributed by atoms with Crippen molar-refractivity contribution in [3.63, 3.8) is 0 Å². The molecule has 0 saturated heterocycles. The van der Waals surface area contributed by atoms with E-state index >= 15 is 0 Å². The second-order valence-electron chi connectivity index (χ2n) is 3.99. The van der Waals surface area contributed by atoms with E-state index in [-0.39, 0.29) is 5.91 Å². The third-order valence-corrected chi connectivity index (χ3v) is 2.25. The van der Waals surface area contributed by atoms with Gasteiger partial charge in [0.25, 0.3) is 0 Å². The maximum atomic E-state index is 11.3. The molecule has 4 nitrogen and oxygen atoms in total. The molecule has 0 aliphatic heterocycles. The molecule has 4 heteroatoms. The molecule has 0 aromatic rings. The summed E-state index contributed by atoms with van der Waals surface area (Å²) in [6.07, 6.45) is 1.95. The van der Waals surface area contributed by atoms with Crippen LogP contribution in [0.1, 0.15) is 40.0 Å². The van der Waals surface area contributed by atoms with Crippen LogP contribution >= 0.6 is 0 Å². The Labute approximate surface area is 92.0 Å². The molecule has 0 rings (SSSR count). The molecule has 2 N–H and O–H groups in total. The Morgan fingerprint density at radius 1 is 1.40 bits per heavy atom. The van der Waals surface area contributed by atoms with Gasteiger partial charge in [0.2, 0.25) is 5.91 Å². The Bertz CT molecular complexity index is 181. The highest BCUT2D eigenvalue weighted by Gasteiger charge is 2.17. The fourth-order valence-electron chi connectivity index (χ4n) is 0.914. The van der Waals surface area contributed by atoms with Crippen LogP contribution in [0, 0.1) is 0 Å². The number of amides is 1. The second-order valence-corrected chi connectivity index (χ2v) is 3.99. The third-order valence-electron chi connectivity index (χ3n) is 2.25. The van der Waals surface area contributed by atoms with Gasteiger partial charge in [0, 0.05) is 19.6 Å². The first-order valence-corrected chi connectivity index (χ1v) is 5.58. The molecule has 0 radical (unpaired) electrons. The molecular weight excluding hydrogens is 194 g/mol. The highest BCUT2D eigenvalue weighted by Crippen LogP contribution is 2.05. The zero-order chi connectivity index (χ0) is 11.7. The fraction of sp³-hybridized carbons (Fsp3) is 0.909. The Morgan fingerprint density at radius 3 is 2.60 bits per heavy atom. The summed E-state index contributed by atoms with van der Waals surface area (Å²) in [7, 11) is 0. The molecule has 0 aromatic heterocycles. The summed E-state index contributed by atoms with van der Waals surface area (Å²) in [5.74, 6) is -0.0696. The number of hydrogen-bond acceptors (Lipinski definition) is 3. The molecule has 0 heterocycles. The van der Waals surface area contributed by atoms with Crippen LogP contribution in [-0.2, 0) is 9.53 Å². The Hall–Kier alpha value is -0.610. The van der Waals surface area contributed by atoms with Crippen molar-refractivity contribution in [1.82, 2.24) is 5.32 Å². The van der Waals surface area contributed by atoms with Crippen LogP contribution in [0.25, 0.3) is 0 Å². The maximum Gasteiger partial charge on any atom is 0.222 e. The number of hydrogen-bond donors (Lipinski definition) is 2. The number of rotatable bonds is 8. The lowest BCUT2D eigenvalue weighted by molar-refractivity contribution is -0.123. The highest BCUT2D eigenvalue weighted by atomic mass is 16.5. The highest BCUT2D eigenvalue weighted by molar-refractivity contribution is 5.76. The van der Waals surface area contributed by atoms with Gasteiger partial charge in [-0.3, -0.25) is 4.79 Å². The molecule has 15 heavy (non-hydrogen) atoms. The summed E-state index contributed by atoms with van der Waals surface area (Å²) >= 11 is 0. The molecule has 0 saturated carbocycles. The largest absolute Gasteiger partial charge is 0.388 e. The molecule has 1 amide bonds. The monoisotopic (exact) mass is 217 g/mol. The van der Waals surface area contributed by atoms with Crippen LogP contribution in [0.4, 0.5) is 0 Å². The van der Waals surface area contributed by atoms with Crippen molar-refractivity contribution >= 4 is 5.91 Å². The summed E-state index contributed by atoms with van der Waals surface area (Å²) < 4.78 is 5.19. The molecule has 0 aliphatic rings. The van der Waals surface area contributed by atoms with Crippen molar-refractivity contribution in [1.29, 1.82) is 0 Å². The smallest absolute Gasteiger partial charge is 0.222 e. The minimum absolute atomic E-state index is 0.0696. The van der Waals surface area contributed by atoms with Crippen LogP contribution < -0.4 is 5.32 Å². The third kappa shape index (κ3) is 8.39. The van der Waals surface area contributed by atoms with Gasteiger partial charge in [0.1, 0.15) is 0 Å². The molecule has 0 bridgehead atoms. The van der Waals surface area contributed by atoms with E-state index in [0.29, 0.717) is 32.6 Å². The lowest BCUT2D eigenvalue weighted by atomic mass is 10.0. The summed E-state index contributed by atoms with van der Waals surface area (Å²) in [5.41, 5.74) is -0.806. The maximum absolute atomic E-state index is 11.3. The summed E-state index contributed by atoms with van der Waals surface area (Å²) in [6, 6.07) is 0. The SMILES string of the molecule is CCCOCCC(=O)NCC(C)(O)CC. The summed E-state index contributed by atoms with van der Waals surface area (Å²) in [6.45, 7) is 7.07. The Balaban J connectivity index is 3.49. The first kappa shape index (κ1) is 14.4. The van der Waals surface area contributed by atoms with Crippen molar-refractivity contribution in [2.24, 2.45) is 0 Å². The minimum Gasteiger partial charge on any atom is -0.388 e. The molecule has 1 atom stereocenters. The molecule has 90 valence electrons. The zero-order valence-electron chi connectivity index (χ0n) is 10.0. The van der Waals surface area contributed by atoms with Crippen molar-refractivity contribution in [2.45, 2.75) is 45.6 Å². The first-order chi connectivity index (χ1) is 7.02. The molecule has 1 unspecified atom stereocenters. The van der Waals surface area contributed by atoms with Gasteiger partial charge < -0.3 is 15.2 Å². The zero-order valence-corrected chi connectivity index (χ0v) is 10.0. The summed E-state index contributed by atoms with van der Waals surface area (Å²) in [4.78, 5) is 11.3. The normalized spacial score (nSPS) is 14.7. The van der Waals surface area contributed by atoms with Gasteiger partial charge >= 0.3 is 0 Å². The van der Waals surface area contributed by atoms with Gasteiger partial charge in [0.15, 0.2) is 0 Å². The van der Waals surface area contributed by atoms with Crippen molar-refractivity contribution in [2.75, 3.05) is 19.8 Å². The molecule has 0 fully saturated rings. The van der Waals surface area contributed by atoms with E-state index in [9.17, 15) is 9.90 Å². The van der Waals surface area contributed by atoms with Crippen LogP contribution in [0.15, 0.2) is 0 Å². The van der Waals surface area contributed by atoms with Gasteiger partial charge in [-0.15, -0.1) is 0 Å². The first-order valence-electron chi connectivity index (χ1n) is 5.58. The second kappa shape index (κ2) is 7.65. The van der Waals surface area contributed by atoms with Crippen molar-refractivity contribution in [3.8, 4) is 0 Å². The Kier molecular flexibility index (Phi) is 7.34. The fourth-order valence-corrected chi connectivity index (χ4v) is 0.914. The quantitative estimate of drug-likeness (QED) is 0.598. The van der Waals surface area contributed by atoms with E-state index in [1.54, 1.807) is 6.92 Å². The predicted octanol–water partition coefficient (Wildman–Crippen LogP) is 1.08. The van der Waals surface area contributed by atoms with Gasteiger partial charge in [-0.2, -0.15) is 0 Å². The van der Waals surface area contributed by atoms with Crippen LogP contribution in [0.2, 0.25) is 0 Å². The standard InChI is InChI=1S/C11H23NO3/c1-4-7-15-8-6-10(13)12-9-11(3,14)5-2/h14H,4-9H2,1-3H3,(H,12,13). The minimum atomic E-state index is -0.806. The lowest BCUT2D eigenvalue weighted by Gasteiger charge is -2.21. The van der Waals surface area contributed by atoms with Gasteiger partial charge in [-0.25, -0.2) is 0 Å². The number of carbonyl (C=O) groups excluding carboxylic acids is 1. The predicted molar refractivity (Wildman–Crippen MR) is 59.7 cm³/mol. The van der Waals surface area contributed by atoms with Crippen molar-refractivity contribution in [3.05, 3.63) is 0 Å². The van der Waals surface area contributed by atoms with E-state index in [0.717, 1.165) is 6.42 Å². The van der Waals surface area contributed by atoms with Gasteiger partial charge in [-0.1, -0.05) is 13.8 Å². The lowest BCUT2D eigenvalue weighted by Crippen LogP contribution is -2.40. The van der Waals surface area contributed by atoms with E-state index in [1.807, 2.05) is 13.8 Å². The van der Waals surface area contributed by atoms with Crippen LogP contribution in [-0.4, -0.2) is 36.4 Å². The summed E-state index contributed by atoms with van der Waals surface area (Å²) in [5, 5.41) is 12.3. The van der Waals surface area contributed by atoms with Crippen LogP contribution in [0.5, 0.6) is 0 Å². The van der Waals surface area contributed by atoms with Crippen molar-refractivity contribution < 1.29 is 14.6 Å². The molecule has 0 aromatic carbocycles. The molecule has 0 spiro atoms. The average Bonchev–Trinajstić information content (AvgIpc) is 2.22. The average molecular weight is 217 g/mol. The van der Waals surface area contributed by atoms with Gasteiger partial charge in [-0.05, 0) is 19.8 Å². The van der Waals surface area contributed by atoms with E-state index in [2.05, 4.69) is 5.32 Å². The number of carbonyl (C=O) groups is 1. The van der Waals surface area contributed by atoms with E-state index in [4.69, 9.17) is 4.74 Å².